The summed E-state index contributed by atoms with van der Waals surface area (Å²) in [5, 5.41) is 11.4. The van der Waals surface area contributed by atoms with Crippen LogP contribution in [0.2, 0.25) is 0 Å². The van der Waals surface area contributed by atoms with Gasteiger partial charge in [0.1, 0.15) is 0 Å². The second-order valence-corrected chi connectivity index (χ2v) is 5.80. The van der Waals surface area contributed by atoms with Crippen molar-refractivity contribution in [3.63, 3.8) is 0 Å². The summed E-state index contributed by atoms with van der Waals surface area (Å²) in [6.07, 6.45) is 3.87. The van der Waals surface area contributed by atoms with Crippen LogP contribution in [-0.4, -0.2) is 19.8 Å². The fraction of sp³-hybridized carbons (Fsp3) is 0.667. The second-order valence-electron chi connectivity index (χ2n) is 4.21. The van der Waals surface area contributed by atoms with Gasteiger partial charge in [-0.25, -0.2) is 0 Å². The van der Waals surface area contributed by atoms with Crippen molar-refractivity contribution in [3.8, 4) is 0 Å². The molecule has 0 aromatic carbocycles. The van der Waals surface area contributed by atoms with Gasteiger partial charge in [0.25, 0.3) is 0 Å². The van der Waals surface area contributed by atoms with E-state index < -0.39 is 21.4 Å². The first-order chi connectivity index (χ1) is 7.71. The zero-order valence-electron chi connectivity index (χ0n) is 8.57. The van der Waals surface area contributed by atoms with Gasteiger partial charge in [-0.15, -0.1) is 0 Å². The smallest absolute Gasteiger partial charge is 0.518 e. The molecule has 1 saturated carbocycles. The summed E-state index contributed by atoms with van der Waals surface area (Å²) in [5.41, 5.74) is -5.39. The highest BCUT2D eigenvalue weighted by Gasteiger charge is 2.46. The van der Waals surface area contributed by atoms with Crippen LogP contribution in [0.15, 0.2) is 16.0 Å². The minimum Gasteiger partial charge on any atom is -0.858 e. The Bertz CT molecular complexity index is 492. The van der Waals surface area contributed by atoms with Gasteiger partial charge in [0, 0.05) is 5.90 Å². The molecule has 0 aliphatic heterocycles. The minimum atomic E-state index is -5.72. The second kappa shape index (κ2) is 3.72. The Morgan fingerprint density at radius 1 is 1.41 bits per heavy atom. The van der Waals surface area contributed by atoms with E-state index in [4.69, 9.17) is 0 Å². The SMILES string of the molecule is O=S(=O)(/N=C(\[O-])C1=CC2CCC1C2)C(F)(F)F. The van der Waals surface area contributed by atoms with E-state index >= 15 is 0 Å². The van der Waals surface area contributed by atoms with E-state index in [0.717, 1.165) is 6.42 Å². The lowest BCUT2D eigenvalue weighted by molar-refractivity contribution is -0.213. The Kier molecular flexibility index (Phi) is 2.72. The van der Waals surface area contributed by atoms with Crippen LogP contribution in [0, 0.1) is 11.8 Å². The number of rotatable bonds is 2. The topological polar surface area (TPSA) is 69.6 Å². The summed E-state index contributed by atoms with van der Waals surface area (Å²) in [6, 6.07) is 0. The highest BCUT2D eigenvalue weighted by atomic mass is 32.2. The molecule has 2 unspecified atom stereocenters. The van der Waals surface area contributed by atoms with Crippen molar-refractivity contribution in [2.45, 2.75) is 24.8 Å². The number of sulfonamides is 1. The first-order valence-corrected chi connectivity index (χ1v) is 6.45. The predicted molar refractivity (Wildman–Crippen MR) is 51.3 cm³/mol. The lowest BCUT2D eigenvalue weighted by atomic mass is 9.99. The number of hydrogen-bond donors (Lipinski definition) is 0. The number of halogens is 3. The molecule has 0 aromatic rings. The lowest BCUT2D eigenvalue weighted by Gasteiger charge is -2.19. The molecule has 0 N–H and O–H groups in total. The number of nitrogens with zero attached hydrogens (tertiary/aromatic N) is 1. The predicted octanol–water partition coefficient (Wildman–Crippen LogP) is 0.951. The Morgan fingerprint density at radius 2 is 2.06 bits per heavy atom. The fourth-order valence-corrected chi connectivity index (χ4v) is 2.73. The van der Waals surface area contributed by atoms with Gasteiger partial charge in [-0.05, 0) is 36.7 Å². The van der Waals surface area contributed by atoms with Crippen LogP contribution in [-0.2, 0) is 10.0 Å². The van der Waals surface area contributed by atoms with Crippen LogP contribution in [0.25, 0.3) is 0 Å². The number of allylic oxidation sites excluding steroid dienone is 1. The lowest BCUT2D eigenvalue weighted by Crippen LogP contribution is -2.29. The van der Waals surface area contributed by atoms with Crippen molar-refractivity contribution in [1.82, 2.24) is 0 Å². The highest BCUT2D eigenvalue weighted by Crippen LogP contribution is 2.43. The molecule has 0 radical (unpaired) electrons. The number of alkyl halides is 3. The molecule has 96 valence electrons. The van der Waals surface area contributed by atoms with Crippen molar-refractivity contribution in [1.29, 1.82) is 0 Å². The van der Waals surface area contributed by atoms with Gasteiger partial charge < -0.3 is 5.11 Å². The molecular formula is C9H9F3NO3S-. The Morgan fingerprint density at radius 3 is 2.47 bits per heavy atom. The maximum atomic E-state index is 12.0. The summed E-state index contributed by atoms with van der Waals surface area (Å²) < 4.78 is 59.7. The first-order valence-electron chi connectivity index (χ1n) is 5.01. The van der Waals surface area contributed by atoms with E-state index in [0.29, 0.717) is 12.8 Å². The van der Waals surface area contributed by atoms with Crippen molar-refractivity contribution in [3.05, 3.63) is 11.6 Å². The van der Waals surface area contributed by atoms with Gasteiger partial charge in [-0.1, -0.05) is 6.08 Å². The highest BCUT2D eigenvalue weighted by molar-refractivity contribution is 7.91. The van der Waals surface area contributed by atoms with Crippen molar-refractivity contribution in [2.24, 2.45) is 16.2 Å². The molecule has 0 aromatic heterocycles. The van der Waals surface area contributed by atoms with Gasteiger partial charge in [-0.3, -0.25) is 0 Å². The molecule has 2 atom stereocenters. The summed E-state index contributed by atoms with van der Waals surface area (Å²) in [5.74, 6) is -1.21. The molecule has 4 nitrogen and oxygen atoms in total. The van der Waals surface area contributed by atoms with Crippen molar-refractivity contribution in [2.75, 3.05) is 0 Å². The van der Waals surface area contributed by atoms with E-state index in [-0.39, 0.29) is 17.4 Å². The van der Waals surface area contributed by atoms with Crippen molar-refractivity contribution >= 4 is 15.9 Å². The third-order valence-electron chi connectivity index (χ3n) is 3.07. The maximum Gasteiger partial charge on any atom is 0.518 e. The zero-order valence-corrected chi connectivity index (χ0v) is 9.38. The minimum absolute atomic E-state index is 0.120. The van der Waals surface area contributed by atoms with Crippen LogP contribution in [0.5, 0.6) is 0 Å². The van der Waals surface area contributed by atoms with Gasteiger partial charge in [0.2, 0.25) is 0 Å². The molecule has 2 bridgehead atoms. The molecule has 2 aliphatic carbocycles. The number of hydrogen-bond acceptors (Lipinski definition) is 3. The largest absolute Gasteiger partial charge is 0.858 e. The van der Waals surface area contributed by atoms with Gasteiger partial charge >= 0.3 is 15.5 Å². The molecule has 8 heteroatoms. The van der Waals surface area contributed by atoms with E-state index in [1.165, 1.54) is 0 Å². The molecule has 0 saturated heterocycles. The van der Waals surface area contributed by atoms with E-state index in [2.05, 4.69) is 4.40 Å². The normalized spacial score (nSPS) is 29.6. The Labute approximate surface area is 95.9 Å². The third-order valence-corrected chi connectivity index (χ3v) is 4.06. The molecule has 2 aliphatic rings. The summed E-state index contributed by atoms with van der Waals surface area (Å²) >= 11 is 0. The van der Waals surface area contributed by atoms with E-state index in [1.54, 1.807) is 6.08 Å². The fourth-order valence-electron chi connectivity index (χ4n) is 2.30. The molecule has 0 heterocycles. The van der Waals surface area contributed by atoms with Crippen LogP contribution in [0.3, 0.4) is 0 Å². The standard InChI is InChI=1S/C9H10F3NO3S/c10-9(11,12)17(15,16)13-8(14)7-4-5-1-2-6(7)3-5/h4-6H,1-3H2,(H,13,14)/p-1. The molecule has 17 heavy (non-hydrogen) atoms. The summed E-state index contributed by atoms with van der Waals surface area (Å²) in [7, 11) is -5.72. The summed E-state index contributed by atoms with van der Waals surface area (Å²) in [6.45, 7) is 0. The van der Waals surface area contributed by atoms with Gasteiger partial charge in [0.05, 0.1) is 0 Å². The molecule has 0 amide bonds. The van der Waals surface area contributed by atoms with Crippen LogP contribution >= 0.6 is 0 Å². The zero-order chi connectivity index (χ0) is 12.8. The quantitative estimate of drug-likeness (QED) is 0.553. The maximum absolute atomic E-state index is 12.0. The van der Waals surface area contributed by atoms with Crippen molar-refractivity contribution < 1.29 is 26.7 Å². The van der Waals surface area contributed by atoms with Crippen LogP contribution in [0.1, 0.15) is 19.3 Å². The van der Waals surface area contributed by atoms with Crippen LogP contribution < -0.4 is 5.11 Å². The Hall–Kier alpha value is -1.05. The summed E-state index contributed by atoms with van der Waals surface area (Å²) in [4.78, 5) is 0. The average Bonchev–Trinajstić information content (AvgIpc) is 2.75. The number of fused-ring (bicyclic) bond motifs is 2. The molecular weight excluding hydrogens is 259 g/mol. The molecule has 0 spiro atoms. The van der Waals surface area contributed by atoms with Crippen LogP contribution in [0.4, 0.5) is 13.2 Å². The molecule has 1 fully saturated rings. The van der Waals surface area contributed by atoms with Gasteiger partial charge in [-0.2, -0.15) is 26.0 Å². The van der Waals surface area contributed by atoms with E-state index in [9.17, 15) is 26.7 Å². The molecule has 2 rings (SSSR count). The average molecular weight is 268 g/mol. The monoisotopic (exact) mass is 268 g/mol. The third kappa shape index (κ3) is 2.18. The van der Waals surface area contributed by atoms with Gasteiger partial charge in [0.15, 0.2) is 0 Å². The van der Waals surface area contributed by atoms with E-state index in [1.807, 2.05) is 0 Å². The first kappa shape index (κ1) is 12.4. The Balaban J connectivity index is 2.28.